The van der Waals surface area contributed by atoms with E-state index in [-0.39, 0.29) is 42.6 Å². The van der Waals surface area contributed by atoms with Crippen LogP contribution in [0.4, 0.5) is 14.9 Å². The molecular weight excluding hydrogens is 585 g/mol. The quantitative estimate of drug-likeness (QED) is 0.238. The number of hydrogen-bond acceptors (Lipinski definition) is 9. The lowest BCUT2D eigenvalue weighted by atomic mass is 10.0. The lowest BCUT2D eigenvalue weighted by molar-refractivity contribution is -0.689. The Hall–Kier alpha value is -4.50. The molecule has 2 saturated heterocycles. The number of carbonyl (C=O) groups is 5. The van der Waals surface area contributed by atoms with Gasteiger partial charge in [-0.25, -0.2) is 13.8 Å². The Morgan fingerprint density at radius 2 is 1.95 bits per heavy atom. The highest BCUT2D eigenvalue weighted by molar-refractivity contribution is 8.00. The van der Waals surface area contributed by atoms with E-state index in [2.05, 4.69) is 10.6 Å². The zero-order valence-electron chi connectivity index (χ0n) is 23.1. The van der Waals surface area contributed by atoms with Crippen molar-refractivity contribution in [1.82, 2.24) is 15.5 Å². The monoisotopic (exact) mass is 613 g/mol. The third-order valence-electron chi connectivity index (χ3n) is 7.21. The Morgan fingerprint density at radius 1 is 1.23 bits per heavy atom. The van der Waals surface area contributed by atoms with Gasteiger partial charge in [0.15, 0.2) is 18.9 Å². The summed E-state index contributed by atoms with van der Waals surface area (Å²) in [6.07, 6.45) is 0.787. The molecule has 4 amide bonds. The number of fused-ring (bicyclic) bond motifs is 1. The van der Waals surface area contributed by atoms with Crippen molar-refractivity contribution >= 4 is 47.2 Å². The van der Waals surface area contributed by atoms with Crippen LogP contribution in [-0.2, 0) is 30.5 Å². The summed E-state index contributed by atoms with van der Waals surface area (Å²) in [5.41, 5.74) is 1.30. The number of nitrogens with one attached hydrogen (secondary N) is 2. The summed E-state index contributed by atoms with van der Waals surface area (Å²) >= 11 is 1.29. The number of carboxylic acids is 1. The van der Waals surface area contributed by atoms with Gasteiger partial charge in [-0.05, 0) is 30.7 Å². The largest absolute Gasteiger partial charge is 0.543 e. The normalized spacial score (nSPS) is 22.0. The van der Waals surface area contributed by atoms with Gasteiger partial charge in [0.2, 0.25) is 11.8 Å². The highest BCUT2D eigenvalue weighted by Gasteiger charge is 2.53. The van der Waals surface area contributed by atoms with Crippen molar-refractivity contribution in [1.29, 1.82) is 0 Å². The number of thioether (sulfide) groups is 1. The number of carboxylic acid groups (broad SMARTS) is 1. The maximum absolute atomic E-state index is 15.2. The molecule has 0 saturated carbocycles. The highest BCUT2D eigenvalue weighted by atomic mass is 32.2. The van der Waals surface area contributed by atoms with Crippen LogP contribution in [0.1, 0.15) is 13.8 Å². The van der Waals surface area contributed by atoms with Crippen LogP contribution >= 0.6 is 11.8 Å². The maximum Gasteiger partial charge on any atom is 0.414 e. The molecule has 0 bridgehead atoms. The Labute approximate surface area is 249 Å². The second kappa shape index (κ2) is 12.0. The fourth-order valence-corrected chi connectivity index (χ4v) is 6.37. The lowest BCUT2D eigenvalue weighted by Gasteiger charge is -2.50. The smallest absolute Gasteiger partial charge is 0.414 e. The van der Waals surface area contributed by atoms with Crippen LogP contribution in [0.25, 0.3) is 11.1 Å². The van der Waals surface area contributed by atoms with Gasteiger partial charge in [-0.3, -0.25) is 24.2 Å². The lowest BCUT2D eigenvalue weighted by Crippen LogP contribution is -2.71. The number of benzene rings is 1. The Balaban J connectivity index is 1.28. The van der Waals surface area contributed by atoms with Crippen LogP contribution in [0, 0.1) is 5.82 Å². The first kappa shape index (κ1) is 30.0. The van der Waals surface area contributed by atoms with Gasteiger partial charge in [-0.1, -0.05) is 0 Å². The van der Waals surface area contributed by atoms with Crippen LogP contribution in [0.2, 0.25) is 0 Å². The van der Waals surface area contributed by atoms with Crippen molar-refractivity contribution in [2.45, 2.75) is 44.0 Å². The van der Waals surface area contributed by atoms with Gasteiger partial charge in [0.1, 0.15) is 29.4 Å². The number of aliphatic hydroxyl groups excluding tert-OH is 1. The number of halogens is 1. The number of nitrogens with zero attached hydrogens (tertiary/aromatic N) is 3. The topological polar surface area (TPSA) is 172 Å². The van der Waals surface area contributed by atoms with Gasteiger partial charge in [0.25, 0.3) is 5.91 Å². The van der Waals surface area contributed by atoms with E-state index in [4.69, 9.17) is 4.74 Å². The first-order chi connectivity index (χ1) is 20.4. The molecule has 1 aromatic carbocycles. The SMILES string of the molecule is CC(=O)NC[C@H]1CN(c2ccc(-c3cc[n+](CC4=C(C(=O)[O-])N5C(=O)[C@@H](NC(=O)C(C)O)C5SC4)cc3)c(F)c2)C(=O)O1. The number of carbonyl (C=O) groups excluding carboxylic acids is 5. The van der Waals surface area contributed by atoms with E-state index in [1.165, 1.54) is 42.6 Å². The van der Waals surface area contributed by atoms with Crippen LogP contribution in [0.5, 0.6) is 0 Å². The van der Waals surface area contributed by atoms with Gasteiger partial charge >= 0.3 is 6.09 Å². The number of aliphatic hydroxyl groups is 1. The van der Waals surface area contributed by atoms with Crippen LogP contribution in [0.3, 0.4) is 0 Å². The number of pyridine rings is 1. The fourth-order valence-electron chi connectivity index (χ4n) is 5.03. The van der Waals surface area contributed by atoms with Crippen molar-refractivity contribution in [2.75, 3.05) is 23.7 Å². The number of rotatable bonds is 9. The molecule has 2 aromatic rings. The number of β-lactam (4-membered cyclic amide) rings is 1. The van der Waals surface area contributed by atoms with Gasteiger partial charge in [0, 0.05) is 35.9 Å². The second-order valence-corrected chi connectivity index (χ2v) is 11.4. The van der Waals surface area contributed by atoms with Gasteiger partial charge in [-0.15, -0.1) is 11.8 Å². The fraction of sp³-hybridized carbons (Fsp3) is 0.357. The molecule has 0 radical (unpaired) electrons. The Kier molecular flexibility index (Phi) is 8.37. The maximum atomic E-state index is 15.2. The number of aromatic nitrogens is 1. The molecule has 226 valence electrons. The molecule has 2 fully saturated rings. The molecule has 0 spiro atoms. The summed E-state index contributed by atoms with van der Waals surface area (Å²) in [6, 6.07) is 6.72. The minimum absolute atomic E-state index is 0.121. The van der Waals surface area contributed by atoms with Crippen molar-refractivity contribution in [2.24, 2.45) is 0 Å². The van der Waals surface area contributed by atoms with Crippen LogP contribution < -0.4 is 25.2 Å². The van der Waals surface area contributed by atoms with Crippen molar-refractivity contribution < 1.29 is 47.9 Å². The summed E-state index contributed by atoms with van der Waals surface area (Å²) < 4.78 is 22.1. The van der Waals surface area contributed by atoms with E-state index in [0.29, 0.717) is 16.8 Å². The molecule has 15 heteroatoms. The summed E-state index contributed by atoms with van der Waals surface area (Å²) in [6.45, 7) is 3.05. The average Bonchev–Trinajstić information content (AvgIpc) is 3.34. The molecular formula is C28H28FN5O8S. The molecule has 2 unspecified atom stereocenters. The predicted molar refractivity (Wildman–Crippen MR) is 147 cm³/mol. The first-order valence-corrected chi connectivity index (χ1v) is 14.4. The van der Waals surface area contributed by atoms with E-state index in [9.17, 15) is 34.2 Å². The van der Waals surface area contributed by atoms with E-state index >= 15 is 4.39 Å². The van der Waals surface area contributed by atoms with E-state index in [1.54, 1.807) is 35.2 Å². The average molecular weight is 614 g/mol. The zero-order chi connectivity index (χ0) is 31.0. The van der Waals surface area contributed by atoms with Crippen molar-refractivity contribution in [3.63, 3.8) is 0 Å². The number of hydrogen-bond donors (Lipinski definition) is 3. The van der Waals surface area contributed by atoms with Crippen molar-refractivity contribution in [3.05, 3.63) is 59.8 Å². The number of ether oxygens (including phenoxy) is 1. The van der Waals surface area contributed by atoms with E-state index in [0.717, 1.165) is 4.90 Å². The molecule has 0 aliphatic carbocycles. The molecule has 3 aliphatic rings. The minimum atomic E-state index is -1.52. The molecule has 1 aromatic heterocycles. The number of anilines is 1. The summed E-state index contributed by atoms with van der Waals surface area (Å²) in [5, 5.41) is 25.8. The van der Waals surface area contributed by atoms with Crippen molar-refractivity contribution in [3.8, 4) is 11.1 Å². The van der Waals surface area contributed by atoms with E-state index in [1.807, 2.05) is 0 Å². The number of aliphatic carboxylic acids is 1. The molecule has 43 heavy (non-hydrogen) atoms. The Morgan fingerprint density at radius 3 is 2.58 bits per heavy atom. The van der Waals surface area contributed by atoms with Crippen LogP contribution in [0.15, 0.2) is 54.0 Å². The standard InChI is InChI=1S/C28H28FN5O8S/c1-14(35)24(37)31-22-25(38)34-23(27(39)40)17(13-43-26(22)34)11-32-7-5-16(6-8-32)20-4-3-18(9-21(20)29)33-12-19(42-28(33)41)10-30-15(2)36/h3-9,14,19,22,26,35H,10-13H2,1-2H3,(H2-,30,31,36,37,39,40)/t14?,19-,22+,26?/m0/s1. The van der Waals surface area contributed by atoms with E-state index < -0.39 is 53.3 Å². The molecule has 13 nitrogen and oxygen atoms in total. The highest BCUT2D eigenvalue weighted by Crippen LogP contribution is 2.40. The van der Waals surface area contributed by atoms with Gasteiger partial charge in [0.05, 0.1) is 30.4 Å². The second-order valence-electron chi connectivity index (χ2n) is 10.3. The zero-order valence-corrected chi connectivity index (χ0v) is 23.9. The Bertz CT molecular complexity index is 1530. The van der Waals surface area contributed by atoms with Crippen LogP contribution in [-0.4, -0.2) is 82.3 Å². The summed E-state index contributed by atoms with van der Waals surface area (Å²) in [4.78, 5) is 62.4. The molecule has 3 N–H and O–H groups in total. The first-order valence-electron chi connectivity index (χ1n) is 13.3. The van der Waals surface area contributed by atoms with Gasteiger partial charge < -0.3 is 30.4 Å². The minimum Gasteiger partial charge on any atom is -0.543 e. The number of cyclic esters (lactones) is 1. The number of amides is 4. The van der Waals surface area contributed by atoms with Gasteiger partial charge in [-0.2, -0.15) is 0 Å². The molecule has 3 aliphatic heterocycles. The summed E-state index contributed by atoms with van der Waals surface area (Å²) in [7, 11) is 0. The molecule has 5 rings (SSSR count). The molecule has 4 atom stereocenters. The molecule has 4 heterocycles. The summed E-state index contributed by atoms with van der Waals surface area (Å²) in [5.74, 6) is -3.41. The third-order valence-corrected chi connectivity index (χ3v) is 8.55. The predicted octanol–water partition coefficient (Wildman–Crippen LogP) is -0.974. The third kappa shape index (κ3) is 6.03.